The molecule has 1 amide bonds. The highest BCUT2D eigenvalue weighted by Gasteiger charge is 2.10. The average Bonchev–Trinajstić information content (AvgIpc) is 2.25. The van der Waals surface area contributed by atoms with E-state index in [1.807, 2.05) is 19.9 Å². The first-order chi connectivity index (χ1) is 8.94. The van der Waals surface area contributed by atoms with E-state index in [0.717, 1.165) is 11.4 Å². The topological polar surface area (TPSA) is 80.9 Å². The minimum absolute atomic E-state index is 0.265. The summed E-state index contributed by atoms with van der Waals surface area (Å²) in [7, 11) is 0. The molecule has 5 nitrogen and oxygen atoms in total. The molecule has 2 aromatic rings. The van der Waals surface area contributed by atoms with Crippen LogP contribution in [0.5, 0.6) is 0 Å². The zero-order chi connectivity index (χ0) is 14.0. The third-order valence-electron chi connectivity index (χ3n) is 2.39. The Kier molecular flexibility index (Phi) is 3.66. The Hall–Kier alpha value is -2.14. The summed E-state index contributed by atoms with van der Waals surface area (Å²) in [6, 6.07) is 6.48. The predicted octanol–water partition coefficient (Wildman–Crippen LogP) is 2.58. The Morgan fingerprint density at radius 3 is 2.37 bits per heavy atom. The lowest BCUT2D eigenvalue weighted by Crippen LogP contribution is -2.15. The molecule has 0 fully saturated rings. The summed E-state index contributed by atoms with van der Waals surface area (Å²) in [6.45, 7) is 3.67. The number of nitrogens with one attached hydrogen (secondary N) is 1. The molecule has 1 aromatic heterocycles. The fourth-order valence-electron chi connectivity index (χ4n) is 1.70. The van der Waals surface area contributed by atoms with Crippen molar-refractivity contribution < 1.29 is 4.79 Å². The largest absolute Gasteiger partial charge is 0.399 e. The minimum atomic E-state index is -0.348. The van der Waals surface area contributed by atoms with Crippen LogP contribution in [-0.4, -0.2) is 15.9 Å². The van der Waals surface area contributed by atoms with Crippen LogP contribution in [0.3, 0.4) is 0 Å². The minimum Gasteiger partial charge on any atom is -0.399 e. The number of amides is 1. The smallest absolute Gasteiger partial charge is 0.258 e. The van der Waals surface area contributed by atoms with Gasteiger partial charge in [-0.05, 0) is 38.1 Å². The van der Waals surface area contributed by atoms with E-state index in [0.29, 0.717) is 16.3 Å². The van der Waals surface area contributed by atoms with Crippen molar-refractivity contribution in [2.75, 3.05) is 11.1 Å². The van der Waals surface area contributed by atoms with Gasteiger partial charge >= 0.3 is 0 Å². The van der Waals surface area contributed by atoms with E-state index in [1.54, 1.807) is 12.1 Å². The fourth-order valence-corrected chi connectivity index (χ4v) is 1.94. The van der Waals surface area contributed by atoms with Crippen molar-refractivity contribution in [3.8, 4) is 0 Å². The number of aromatic nitrogens is 2. The van der Waals surface area contributed by atoms with Gasteiger partial charge in [-0.15, -0.1) is 0 Å². The molecule has 0 atom stereocenters. The number of rotatable bonds is 2. The predicted molar refractivity (Wildman–Crippen MR) is 75.3 cm³/mol. The molecule has 0 saturated carbocycles. The summed E-state index contributed by atoms with van der Waals surface area (Å²) in [5.74, 6) is -0.0831. The fraction of sp³-hybridized carbons (Fsp3) is 0.154. The Morgan fingerprint density at radius 1 is 1.16 bits per heavy atom. The van der Waals surface area contributed by atoms with Gasteiger partial charge in [0, 0.05) is 27.7 Å². The Balaban J connectivity index is 2.25. The van der Waals surface area contributed by atoms with E-state index >= 15 is 0 Å². The molecule has 0 aliphatic carbocycles. The van der Waals surface area contributed by atoms with Crippen molar-refractivity contribution in [2.45, 2.75) is 13.8 Å². The molecule has 0 bridgehead atoms. The van der Waals surface area contributed by atoms with Gasteiger partial charge in [0.2, 0.25) is 5.95 Å². The molecule has 3 N–H and O–H groups in total. The van der Waals surface area contributed by atoms with Gasteiger partial charge in [-0.2, -0.15) is 0 Å². The number of hydrogen-bond donors (Lipinski definition) is 2. The van der Waals surface area contributed by atoms with E-state index in [-0.39, 0.29) is 11.9 Å². The lowest BCUT2D eigenvalue weighted by Gasteiger charge is -2.06. The van der Waals surface area contributed by atoms with Crippen LogP contribution in [0.4, 0.5) is 11.6 Å². The number of hydrogen-bond acceptors (Lipinski definition) is 4. The highest BCUT2D eigenvalue weighted by Crippen LogP contribution is 2.17. The van der Waals surface area contributed by atoms with Crippen LogP contribution in [0.2, 0.25) is 5.02 Å². The molecule has 0 radical (unpaired) electrons. The van der Waals surface area contributed by atoms with E-state index in [9.17, 15) is 4.79 Å². The zero-order valence-electron chi connectivity index (χ0n) is 10.6. The summed E-state index contributed by atoms with van der Waals surface area (Å²) in [4.78, 5) is 20.3. The van der Waals surface area contributed by atoms with Crippen molar-refractivity contribution >= 4 is 29.1 Å². The highest BCUT2D eigenvalue weighted by molar-refractivity contribution is 6.31. The second-order valence-corrected chi connectivity index (χ2v) is 4.64. The van der Waals surface area contributed by atoms with E-state index in [4.69, 9.17) is 17.3 Å². The molecule has 98 valence electrons. The molecule has 0 aliphatic heterocycles. The number of carbonyl (C=O) groups is 1. The van der Waals surface area contributed by atoms with Crippen LogP contribution >= 0.6 is 11.6 Å². The first-order valence-corrected chi connectivity index (χ1v) is 6.01. The third-order valence-corrected chi connectivity index (χ3v) is 2.61. The number of halogens is 1. The lowest BCUT2D eigenvalue weighted by molar-refractivity contribution is 0.102. The summed E-state index contributed by atoms with van der Waals surface area (Å²) in [5, 5.41) is 3.03. The number of nitrogens with two attached hydrogens (primary N) is 1. The van der Waals surface area contributed by atoms with Crippen molar-refractivity contribution in [2.24, 2.45) is 0 Å². The molecule has 1 heterocycles. The van der Waals surface area contributed by atoms with Crippen molar-refractivity contribution in [3.05, 3.63) is 46.2 Å². The number of benzene rings is 1. The molecule has 19 heavy (non-hydrogen) atoms. The van der Waals surface area contributed by atoms with Gasteiger partial charge in [-0.1, -0.05) is 11.6 Å². The molecule has 2 rings (SSSR count). The van der Waals surface area contributed by atoms with Gasteiger partial charge < -0.3 is 5.73 Å². The van der Waals surface area contributed by atoms with Gasteiger partial charge in [0.1, 0.15) is 0 Å². The van der Waals surface area contributed by atoms with Crippen molar-refractivity contribution in [3.63, 3.8) is 0 Å². The first-order valence-electron chi connectivity index (χ1n) is 5.64. The molecule has 0 unspecified atom stereocenters. The second-order valence-electron chi connectivity index (χ2n) is 4.20. The number of anilines is 2. The molecule has 0 saturated heterocycles. The van der Waals surface area contributed by atoms with E-state index in [2.05, 4.69) is 15.3 Å². The number of nitrogen functional groups attached to an aromatic ring is 1. The molecule has 0 spiro atoms. The highest BCUT2D eigenvalue weighted by atomic mass is 35.5. The van der Waals surface area contributed by atoms with Gasteiger partial charge in [0.05, 0.1) is 0 Å². The Morgan fingerprint density at radius 2 is 1.79 bits per heavy atom. The summed E-state index contributed by atoms with van der Waals surface area (Å²) in [6.07, 6.45) is 0. The molecule has 1 aromatic carbocycles. The van der Waals surface area contributed by atoms with Crippen LogP contribution in [0.25, 0.3) is 0 Å². The normalized spacial score (nSPS) is 10.3. The van der Waals surface area contributed by atoms with Crippen LogP contribution in [0.15, 0.2) is 24.3 Å². The monoisotopic (exact) mass is 276 g/mol. The van der Waals surface area contributed by atoms with Crippen LogP contribution in [-0.2, 0) is 0 Å². The molecule has 6 heteroatoms. The second kappa shape index (κ2) is 5.24. The van der Waals surface area contributed by atoms with E-state index < -0.39 is 0 Å². The van der Waals surface area contributed by atoms with E-state index in [1.165, 1.54) is 6.07 Å². The average molecular weight is 277 g/mol. The molecule has 0 aliphatic rings. The first kappa shape index (κ1) is 13.3. The summed E-state index contributed by atoms with van der Waals surface area (Å²) in [5.41, 5.74) is 8.01. The molecular formula is C13H13ClN4O. The number of nitrogens with zero attached hydrogens (tertiary/aromatic N) is 2. The number of aryl methyl sites for hydroxylation is 2. The molecular weight excluding hydrogens is 264 g/mol. The maximum Gasteiger partial charge on any atom is 0.258 e. The van der Waals surface area contributed by atoms with Crippen molar-refractivity contribution in [1.82, 2.24) is 9.97 Å². The quantitative estimate of drug-likeness (QED) is 0.826. The van der Waals surface area contributed by atoms with Gasteiger partial charge in [0.25, 0.3) is 5.91 Å². The van der Waals surface area contributed by atoms with Crippen LogP contribution in [0.1, 0.15) is 21.7 Å². The van der Waals surface area contributed by atoms with Gasteiger partial charge in [-0.3, -0.25) is 10.1 Å². The summed E-state index contributed by atoms with van der Waals surface area (Å²) >= 11 is 5.86. The Labute approximate surface area is 115 Å². The standard InChI is InChI=1S/C13H13ClN4O/c1-7-3-8(2)17-13(16-7)18-12(19)9-4-10(14)6-11(15)5-9/h3-6H,15H2,1-2H3,(H,16,17,18,19). The van der Waals surface area contributed by atoms with Gasteiger partial charge in [-0.25, -0.2) is 9.97 Å². The van der Waals surface area contributed by atoms with Crippen LogP contribution < -0.4 is 11.1 Å². The SMILES string of the molecule is Cc1cc(C)nc(NC(=O)c2cc(N)cc(Cl)c2)n1. The zero-order valence-corrected chi connectivity index (χ0v) is 11.3. The van der Waals surface area contributed by atoms with Crippen molar-refractivity contribution in [1.29, 1.82) is 0 Å². The maximum absolute atomic E-state index is 12.0. The summed E-state index contributed by atoms with van der Waals surface area (Å²) < 4.78 is 0. The number of carbonyl (C=O) groups excluding carboxylic acids is 1. The van der Waals surface area contributed by atoms with Crippen LogP contribution in [0, 0.1) is 13.8 Å². The van der Waals surface area contributed by atoms with Gasteiger partial charge in [0.15, 0.2) is 0 Å². The maximum atomic E-state index is 12.0. The Bertz CT molecular complexity index is 602. The lowest BCUT2D eigenvalue weighted by atomic mass is 10.2. The third kappa shape index (κ3) is 3.42.